The Bertz CT molecular complexity index is 1000. The number of allylic oxidation sites excluding steroid dienone is 4. The lowest BCUT2D eigenvalue weighted by Gasteiger charge is -2.17. The van der Waals surface area contributed by atoms with Crippen LogP contribution in [0.1, 0.15) is 77.8 Å². The minimum absolute atomic E-state index is 0.0694. The van der Waals surface area contributed by atoms with Crippen molar-refractivity contribution >= 4 is 21.9 Å². The maximum Gasteiger partial charge on any atom is 0.412 e. The average molecular weight is 620 g/mol. The van der Waals surface area contributed by atoms with Crippen LogP contribution in [0.5, 0.6) is 0 Å². The second kappa shape index (κ2) is 16.0. The third-order valence-electron chi connectivity index (χ3n) is 6.25. The van der Waals surface area contributed by atoms with Crippen LogP contribution in [0, 0.1) is 31.0 Å². The molecule has 220 valence electrons. The van der Waals surface area contributed by atoms with Crippen LogP contribution in [0.25, 0.3) is 0 Å². The van der Waals surface area contributed by atoms with Gasteiger partial charge in [-0.15, -0.1) is 0 Å². The first-order valence-corrected chi connectivity index (χ1v) is 13.7. The Labute approximate surface area is 239 Å². The number of alkyl halides is 3. The van der Waals surface area contributed by atoms with Crippen molar-refractivity contribution in [1.29, 1.82) is 0 Å². The number of esters is 1. The molecule has 39 heavy (non-hydrogen) atoms. The van der Waals surface area contributed by atoms with Gasteiger partial charge in [-0.2, -0.15) is 13.2 Å². The molecule has 0 bridgehead atoms. The van der Waals surface area contributed by atoms with Crippen LogP contribution in [0.15, 0.2) is 64.9 Å². The zero-order chi connectivity index (χ0) is 30.7. The number of rotatable bonds is 6. The molecule has 3 nitrogen and oxygen atoms in total. The molecule has 2 fully saturated rings. The van der Waals surface area contributed by atoms with Gasteiger partial charge in [0.05, 0.1) is 5.41 Å². The molecule has 0 amide bonds. The minimum atomic E-state index is -4.21. The van der Waals surface area contributed by atoms with Crippen LogP contribution in [0.3, 0.4) is 0 Å². The Balaban J connectivity index is 0.000000508. The quantitative estimate of drug-likeness (QED) is 0.113. The largest absolute Gasteiger partial charge is 0.509 e. The average Bonchev–Trinajstić information content (AvgIpc) is 3.74. The van der Waals surface area contributed by atoms with Crippen LogP contribution >= 0.6 is 15.9 Å². The van der Waals surface area contributed by atoms with Gasteiger partial charge in [-0.05, 0) is 89.8 Å². The minimum Gasteiger partial charge on any atom is -0.509 e. The van der Waals surface area contributed by atoms with E-state index in [0.717, 1.165) is 41.8 Å². The third kappa shape index (κ3) is 14.6. The van der Waals surface area contributed by atoms with Crippen LogP contribution in [0.2, 0.25) is 0 Å². The summed E-state index contributed by atoms with van der Waals surface area (Å²) in [7, 11) is 0. The second-order valence-electron chi connectivity index (χ2n) is 10.3. The molecule has 8 heteroatoms. The van der Waals surface area contributed by atoms with Crippen LogP contribution in [0.4, 0.5) is 17.6 Å². The lowest BCUT2D eigenvalue weighted by atomic mass is 10.1. The zero-order valence-electron chi connectivity index (χ0n) is 24.2. The highest BCUT2D eigenvalue weighted by molar-refractivity contribution is 9.10. The van der Waals surface area contributed by atoms with E-state index in [2.05, 4.69) is 42.6 Å². The molecule has 3 rings (SSSR count). The molecule has 2 aliphatic rings. The maximum absolute atomic E-state index is 12.7. The third-order valence-corrected chi connectivity index (χ3v) is 7.11. The van der Waals surface area contributed by atoms with Gasteiger partial charge < -0.3 is 9.84 Å². The Morgan fingerprint density at radius 1 is 1.21 bits per heavy atom. The summed E-state index contributed by atoms with van der Waals surface area (Å²) in [5.41, 5.74) is 2.73. The van der Waals surface area contributed by atoms with Gasteiger partial charge in [0, 0.05) is 10.0 Å². The van der Waals surface area contributed by atoms with Crippen molar-refractivity contribution in [3.8, 4) is 0 Å². The summed E-state index contributed by atoms with van der Waals surface area (Å²) in [6.45, 7) is 22.7. The summed E-state index contributed by atoms with van der Waals surface area (Å²) in [4.78, 5) is 11.4. The Morgan fingerprint density at radius 2 is 1.72 bits per heavy atom. The summed E-state index contributed by atoms with van der Waals surface area (Å²) in [5, 5.41) is 9.08. The highest BCUT2D eigenvalue weighted by Gasteiger charge is 2.47. The number of carbonyl (C=O) groups is 1. The normalized spacial score (nSPS) is 17.6. The van der Waals surface area contributed by atoms with Gasteiger partial charge in [-0.3, -0.25) is 4.79 Å². The number of aliphatic hydroxyl groups excluding tert-OH is 1. The number of hydrogen-bond donors (Lipinski definition) is 1. The first kappa shape index (κ1) is 36.6. The number of carbonyl (C=O) groups excluding carboxylic acids is 1. The zero-order valence-corrected chi connectivity index (χ0v) is 25.8. The maximum atomic E-state index is 12.7. The molecule has 0 spiro atoms. The SMILES string of the molecule is C=C(C)/C=C(\C)C(F)(F)F.C=C(O)C(CC)OC(=O)C1(C)CC1.C=C1CC1CC.Cc1cc(C)c(Br)cc1F. The number of benzene rings is 1. The summed E-state index contributed by atoms with van der Waals surface area (Å²) < 4.78 is 53.8. The number of ether oxygens (including phenoxy) is 1. The first-order valence-electron chi connectivity index (χ1n) is 12.9. The van der Waals surface area contributed by atoms with Crippen molar-refractivity contribution in [2.24, 2.45) is 11.3 Å². The highest BCUT2D eigenvalue weighted by atomic mass is 79.9. The van der Waals surface area contributed by atoms with E-state index in [0.29, 0.717) is 17.6 Å². The molecule has 2 atom stereocenters. The van der Waals surface area contributed by atoms with Crippen molar-refractivity contribution < 1.29 is 32.2 Å². The van der Waals surface area contributed by atoms with Gasteiger partial charge in [0.15, 0.2) is 6.10 Å². The van der Waals surface area contributed by atoms with Gasteiger partial charge in [-0.1, -0.05) is 72.8 Å². The fraction of sp³-hybridized carbons (Fsp3) is 0.516. The van der Waals surface area contributed by atoms with Crippen LogP contribution in [-0.2, 0) is 9.53 Å². The molecular weight excluding hydrogens is 576 g/mol. The van der Waals surface area contributed by atoms with Gasteiger partial charge in [0.2, 0.25) is 0 Å². The Morgan fingerprint density at radius 3 is 1.97 bits per heavy atom. The monoisotopic (exact) mass is 618 g/mol. The van der Waals surface area contributed by atoms with Gasteiger partial charge in [-0.25, -0.2) is 4.39 Å². The summed E-state index contributed by atoms with van der Waals surface area (Å²) >= 11 is 3.24. The number of hydrogen-bond acceptors (Lipinski definition) is 3. The van der Waals surface area contributed by atoms with Crippen LogP contribution < -0.4 is 0 Å². The Kier molecular flexibility index (Phi) is 15.1. The van der Waals surface area contributed by atoms with Crippen molar-refractivity contribution in [1.82, 2.24) is 0 Å². The van der Waals surface area contributed by atoms with Gasteiger partial charge >= 0.3 is 12.1 Å². The van der Waals surface area contributed by atoms with Gasteiger partial charge in [0.25, 0.3) is 0 Å². The molecule has 2 unspecified atom stereocenters. The molecule has 0 saturated heterocycles. The second-order valence-corrected chi connectivity index (χ2v) is 11.2. The van der Waals surface area contributed by atoms with Crippen molar-refractivity contribution in [3.63, 3.8) is 0 Å². The van der Waals surface area contributed by atoms with Crippen molar-refractivity contribution in [2.75, 3.05) is 0 Å². The predicted molar refractivity (Wildman–Crippen MR) is 155 cm³/mol. The molecular formula is C31H43BrF4O3. The molecule has 2 saturated carbocycles. The first-order chi connectivity index (χ1) is 17.8. The molecule has 2 aliphatic carbocycles. The number of aliphatic hydroxyl groups is 1. The standard InChI is InChI=1S/C10H16O3.C8H8BrF.C7H9F3.C6H10/c1-4-8(7(2)11)13-9(12)10(3)5-6-10;1-5-3-6(2)8(10)4-7(5)9;1-5(2)4-6(3)7(8,9)10;1-3-6-4-5(6)2/h8,11H,2,4-6H2,1,3H3;3-4H,1-2H3;4H,1H2,2-3H3;6H,2-4H2,1H3/b;;6-4+;. The van der Waals surface area contributed by atoms with E-state index in [1.165, 1.54) is 31.4 Å². The number of halogens is 5. The molecule has 1 aromatic rings. The van der Waals surface area contributed by atoms with E-state index in [9.17, 15) is 22.4 Å². The van der Waals surface area contributed by atoms with Crippen molar-refractivity contribution in [3.05, 3.63) is 81.8 Å². The summed E-state index contributed by atoms with van der Waals surface area (Å²) in [5.74, 6) is 0.470. The van der Waals surface area contributed by atoms with E-state index in [1.807, 2.05) is 26.8 Å². The molecule has 1 aromatic carbocycles. The number of aryl methyl sites for hydroxylation is 2. The van der Waals surface area contributed by atoms with E-state index >= 15 is 0 Å². The summed E-state index contributed by atoms with van der Waals surface area (Å²) in [6.07, 6.45) is 1.22. The lowest BCUT2D eigenvalue weighted by Crippen LogP contribution is -2.24. The molecule has 1 N–H and O–H groups in total. The molecule has 0 radical (unpaired) electrons. The predicted octanol–water partition coefficient (Wildman–Crippen LogP) is 10.4. The fourth-order valence-electron chi connectivity index (χ4n) is 2.99. The van der Waals surface area contributed by atoms with E-state index in [4.69, 9.17) is 9.84 Å². The topological polar surface area (TPSA) is 46.5 Å². The van der Waals surface area contributed by atoms with Crippen molar-refractivity contribution in [2.45, 2.75) is 92.9 Å². The molecule has 0 aliphatic heterocycles. The van der Waals surface area contributed by atoms with Gasteiger partial charge in [0.1, 0.15) is 11.6 Å². The van der Waals surface area contributed by atoms with E-state index in [-0.39, 0.29) is 23.0 Å². The lowest BCUT2D eigenvalue weighted by molar-refractivity contribution is -0.154. The molecule has 0 aromatic heterocycles. The summed E-state index contributed by atoms with van der Waals surface area (Å²) in [6, 6.07) is 3.31. The van der Waals surface area contributed by atoms with Crippen LogP contribution in [-0.4, -0.2) is 23.4 Å². The smallest absolute Gasteiger partial charge is 0.412 e. The van der Waals surface area contributed by atoms with E-state index < -0.39 is 17.9 Å². The highest BCUT2D eigenvalue weighted by Crippen LogP contribution is 2.46. The van der Waals surface area contributed by atoms with E-state index in [1.54, 1.807) is 6.92 Å². The fourth-order valence-corrected chi connectivity index (χ4v) is 3.31. The molecule has 0 heterocycles. The Hall–Kier alpha value is -2.35.